The molecule has 126 valence electrons. The number of aliphatic hydroxyl groups is 1. The minimum atomic E-state index is -0.421. The number of anilines is 1. The number of hydrogen-bond acceptors (Lipinski definition) is 5. The molecule has 2 heterocycles. The van der Waals surface area contributed by atoms with Crippen molar-refractivity contribution in [2.45, 2.75) is 25.1 Å². The second kappa shape index (κ2) is 8.66. The van der Waals surface area contributed by atoms with E-state index < -0.39 is 6.10 Å². The van der Waals surface area contributed by atoms with Crippen molar-refractivity contribution in [3.05, 3.63) is 52.2 Å². The lowest BCUT2D eigenvalue weighted by atomic mass is 10.0. The highest BCUT2D eigenvalue weighted by Crippen LogP contribution is 2.26. The fraction of sp³-hybridized carbons (Fsp3) is 0.412. The van der Waals surface area contributed by atoms with Gasteiger partial charge in [-0.25, -0.2) is 0 Å². The number of hydrogen-bond donors (Lipinski definition) is 2. The van der Waals surface area contributed by atoms with Gasteiger partial charge in [0.05, 0.1) is 19.3 Å². The van der Waals surface area contributed by atoms with E-state index in [1.54, 1.807) is 11.3 Å². The number of aliphatic hydroxyl groups excluding tert-OH is 1. The van der Waals surface area contributed by atoms with Crippen LogP contribution in [0.5, 0.6) is 0 Å². The first-order valence-corrected chi connectivity index (χ1v) is 8.48. The molecule has 1 aromatic heterocycles. The third-order valence-corrected chi connectivity index (χ3v) is 5.03. The van der Waals surface area contributed by atoms with Crippen molar-refractivity contribution in [2.24, 2.45) is 0 Å². The summed E-state index contributed by atoms with van der Waals surface area (Å²) in [7, 11) is 0. The third-order valence-electron chi connectivity index (χ3n) is 4.05. The van der Waals surface area contributed by atoms with Crippen LogP contribution in [0, 0.1) is 0 Å². The molecule has 3 N–H and O–H groups in total. The Balaban J connectivity index is 0.00000192. The van der Waals surface area contributed by atoms with E-state index in [1.807, 2.05) is 35.7 Å². The summed E-state index contributed by atoms with van der Waals surface area (Å²) in [6, 6.07) is 12.2. The van der Waals surface area contributed by atoms with Gasteiger partial charge in [0.1, 0.15) is 0 Å². The topological polar surface area (TPSA) is 58.7 Å². The quantitative estimate of drug-likeness (QED) is 0.810. The second-order valence-corrected chi connectivity index (χ2v) is 6.69. The summed E-state index contributed by atoms with van der Waals surface area (Å²) in [6.07, 6.45) is 0.276. The maximum atomic E-state index is 10.4. The standard InChI is InChI=1S/C17H22N2O2S.ClH/c18-14-4-1-3-13(9-14)11-19-6-7-21-12-15(19)10-16(20)17-5-2-8-22-17;/h1-5,8-9,15-16,20H,6-7,10-12,18H2;1H. The Labute approximate surface area is 147 Å². The summed E-state index contributed by atoms with van der Waals surface area (Å²) in [5.74, 6) is 0. The molecule has 0 radical (unpaired) electrons. The number of ether oxygens (including phenoxy) is 1. The van der Waals surface area contributed by atoms with Gasteiger partial charge in [0.15, 0.2) is 0 Å². The number of rotatable bonds is 5. The molecule has 0 saturated carbocycles. The fourth-order valence-electron chi connectivity index (χ4n) is 2.90. The average Bonchev–Trinajstić information content (AvgIpc) is 3.04. The molecule has 23 heavy (non-hydrogen) atoms. The molecule has 0 amide bonds. The summed E-state index contributed by atoms with van der Waals surface area (Å²) in [6.45, 7) is 3.14. The molecule has 1 aliphatic rings. The van der Waals surface area contributed by atoms with Crippen LogP contribution < -0.4 is 5.73 Å². The van der Waals surface area contributed by atoms with E-state index in [2.05, 4.69) is 11.0 Å². The number of morpholine rings is 1. The molecule has 1 aromatic carbocycles. The molecule has 0 bridgehead atoms. The normalized spacial score (nSPS) is 20.0. The molecule has 0 aliphatic carbocycles. The van der Waals surface area contributed by atoms with Crippen molar-refractivity contribution >= 4 is 29.4 Å². The summed E-state index contributed by atoms with van der Waals surface area (Å²) in [5.41, 5.74) is 7.86. The molecule has 3 rings (SSSR count). The van der Waals surface area contributed by atoms with Crippen LogP contribution in [-0.2, 0) is 11.3 Å². The highest BCUT2D eigenvalue weighted by molar-refractivity contribution is 7.10. The maximum Gasteiger partial charge on any atom is 0.0897 e. The number of halogens is 1. The average molecular weight is 355 g/mol. The van der Waals surface area contributed by atoms with E-state index in [4.69, 9.17) is 10.5 Å². The zero-order valence-corrected chi connectivity index (χ0v) is 14.6. The molecule has 1 aliphatic heterocycles. The van der Waals surface area contributed by atoms with Crippen LogP contribution in [0.3, 0.4) is 0 Å². The Bertz CT molecular complexity index is 594. The zero-order valence-electron chi connectivity index (χ0n) is 12.9. The van der Waals surface area contributed by atoms with Crippen molar-refractivity contribution in [1.29, 1.82) is 0 Å². The van der Waals surface area contributed by atoms with Gasteiger partial charge in [-0.3, -0.25) is 4.90 Å². The molecule has 2 aromatic rings. The van der Waals surface area contributed by atoms with Gasteiger partial charge in [-0.2, -0.15) is 0 Å². The Morgan fingerprint density at radius 2 is 2.22 bits per heavy atom. The third kappa shape index (κ3) is 4.93. The number of nitrogen functional groups attached to an aromatic ring is 1. The monoisotopic (exact) mass is 354 g/mol. The molecule has 0 spiro atoms. The molecule has 1 fully saturated rings. The SMILES string of the molecule is Cl.Nc1cccc(CN2CCOCC2CC(O)c2cccs2)c1. The van der Waals surface area contributed by atoms with Crippen LogP contribution in [0.15, 0.2) is 41.8 Å². The first kappa shape index (κ1) is 18.2. The van der Waals surface area contributed by atoms with Gasteiger partial charge >= 0.3 is 0 Å². The maximum absolute atomic E-state index is 10.4. The van der Waals surface area contributed by atoms with E-state index in [0.29, 0.717) is 13.0 Å². The smallest absolute Gasteiger partial charge is 0.0897 e. The van der Waals surface area contributed by atoms with Crippen LogP contribution >= 0.6 is 23.7 Å². The van der Waals surface area contributed by atoms with Gasteiger partial charge in [-0.05, 0) is 35.6 Å². The molecule has 4 nitrogen and oxygen atoms in total. The van der Waals surface area contributed by atoms with Gasteiger partial charge in [-0.1, -0.05) is 18.2 Å². The van der Waals surface area contributed by atoms with Gasteiger partial charge < -0.3 is 15.6 Å². The lowest BCUT2D eigenvalue weighted by Gasteiger charge is -2.36. The lowest BCUT2D eigenvalue weighted by molar-refractivity contribution is -0.0296. The van der Waals surface area contributed by atoms with E-state index >= 15 is 0 Å². The predicted octanol–water partition coefficient (Wildman–Crippen LogP) is 3.08. The summed E-state index contributed by atoms with van der Waals surface area (Å²) < 4.78 is 5.62. The Morgan fingerprint density at radius 3 is 2.96 bits per heavy atom. The fourth-order valence-corrected chi connectivity index (χ4v) is 3.62. The number of nitrogens with two attached hydrogens (primary N) is 1. The Morgan fingerprint density at radius 1 is 1.35 bits per heavy atom. The summed E-state index contributed by atoms with van der Waals surface area (Å²) in [5, 5.41) is 12.4. The molecular weight excluding hydrogens is 332 g/mol. The van der Waals surface area contributed by atoms with Crippen molar-refractivity contribution in [3.63, 3.8) is 0 Å². The van der Waals surface area contributed by atoms with Crippen molar-refractivity contribution in [2.75, 3.05) is 25.5 Å². The lowest BCUT2D eigenvalue weighted by Crippen LogP contribution is -2.45. The molecule has 6 heteroatoms. The predicted molar refractivity (Wildman–Crippen MR) is 97.0 cm³/mol. The molecular formula is C17H23ClN2O2S. The first-order valence-electron chi connectivity index (χ1n) is 7.60. The van der Waals surface area contributed by atoms with Gasteiger partial charge in [0.2, 0.25) is 0 Å². The van der Waals surface area contributed by atoms with E-state index in [-0.39, 0.29) is 18.4 Å². The van der Waals surface area contributed by atoms with Crippen molar-refractivity contribution < 1.29 is 9.84 Å². The van der Waals surface area contributed by atoms with Crippen LogP contribution in [0.4, 0.5) is 5.69 Å². The van der Waals surface area contributed by atoms with Crippen LogP contribution in [0.2, 0.25) is 0 Å². The van der Waals surface area contributed by atoms with Crippen molar-refractivity contribution in [3.8, 4) is 0 Å². The summed E-state index contributed by atoms with van der Waals surface area (Å²) in [4.78, 5) is 3.41. The molecule has 1 saturated heterocycles. The number of benzene rings is 1. The number of nitrogens with zero attached hydrogens (tertiary/aromatic N) is 1. The minimum absolute atomic E-state index is 0. The largest absolute Gasteiger partial charge is 0.399 e. The summed E-state index contributed by atoms with van der Waals surface area (Å²) >= 11 is 1.60. The van der Waals surface area contributed by atoms with E-state index in [0.717, 1.165) is 30.3 Å². The van der Waals surface area contributed by atoms with Gasteiger partial charge in [0, 0.05) is 29.7 Å². The highest BCUT2D eigenvalue weighted by Gasteiger charge is 2.26. The minimum Gasteiger partial charge on any atom is -0.399 e. The first-order chi connectivity index (χ1) is 10.7. The molecule has 2 atom stereocenters. The van der Waals surface area contributed by atoms with E-state index in [1.165, 1.54) is 5.56 Å². The molecule has 2 unspecified atom stereocenters. The van der Waals surface area contributed by atoms with Crippen LogP contribution in [0.1, 0.15) is 23.0 Å². The van der Waals surface area contributed by atoms with E-state index in [9.17, 15) is 5.11 Å². The van der Waals surface area contributed by atoms with Gasteiger partial charge in [-0.15, -0.1) is 23.7 Å². The highest BCUT2D eigenvalue weighted by atomic mass is 35.5. The number of thiophene rings is 1. The van der Waals surface area contributed by atoms with Crippen molar-refractivity contribution in [1.82, 2.24) is 4.90 Å². The Hall–Kier alpha value is -1.11. The zero-order chi connectivity index (χ0) is 15.4. The second-order valence-electron chi connectivity index (χ2n) is 5.71. The Kier molecular flexibility index (Phi) is 6.87. The van der Waals surface area contributed by atoms with Crippen LogP contribution in [-0.4, -0.2) is 35.8 Å². The van der Waals surface area contributed by atoms with Gasteiger partial charge in [0.25, 0.3) is 0 Å². The van der Waals surface area contributed by atoms with Crippen LogP contribution in [0.25, 0.3) is 0 Å².